The Morgan fingerprint density at radius 2 is 1.61 bits per heavy atom. The lowest BCUT2D eigenvalue weighted by atomic mass is 10.0. The molecule has 1 amide bonds. The van der Waals surface area contributed by atoms with Crippen LogP contribution < -0.4 is 4.74 Å². The van der Waals surface area contributed by atoms with E-state index in [2.05, 4.69) is 17.1 Å². The number of ether oxygens (including phenoxy) is 1. The van der Waals surface area contributed by atoms with E-state index >= 15 is 0 Å². The van der Waals surface area contributed by atoms with E-state index in [1.54, 1.807) is 6.20 Å². The maximum absolute atomic E-state index is 12.8. The number of aromatic nitrogens is 1. The monoisotopic (exact) mass is 372 g/mol. The summed E-state index contributed by atoms with van der Waals surface area (Å²) >= 11 is 0. The molecule has 28 heavy (non-hydrogen) atoms. The zero-order chi connectivity index (χ0) is 19.3. The Labute approximate surface area is 165 Å². The molecule has 2 aromatic carbocycles. The summed E-state index contributed by atoms with van der Waals surface area (Å²) in [6.07, 6.45) is 3.57. The maximum atomic E-state index is 12.8. The van der Waals surface area contributed by atoms with E-state index in [1.165, 1.54) is 0 Å². The van der Waals surface area contributed by atoms with Gasteiger partial charge in [-0.05, 0) is 42.3 Å². The lowest BCUT2D eigenvalue weighted by molar-refractivity contribution is 0.0595. The number of pyridine rings is 1. The van der Waals surface area contributed by atoms with Crippen molar-refractivity contribution < 1.29 is 9.53 Å². The number of likely N-dealkylation sites (tertiary alicyclic amines) is 1. The number of aryl methyl sites for hydroxylation is 1. The zero-order valence-electron chi connectivity index (χ0n) is 16.0. The van der Waals surface area contributed by atoms with Crippen molar-refractivity contribution in [3.8, 4) is 16.9 Å². The van der Waals surface area contributed by atoms with E-state index in [4.69, 9.17) is 4.74 Å². The molecule has 1 aromatic heterocycles. The summed E-state index contributed by atoms with van der Waals surface area (Å²) in [5, 5.41) is 0. The van der Waals surface area contributed by atoms with Gasteiger partial charge in [0, 0.05) is 37.2 Å². The van der Waals surface area contributed by atoms with Gasteiger partial charge >= 0.3 is 0 Å². The van der Waals surface area contributed by atoms with E-state index in [1.807, 2.05) is 66.4 Å². The van der Waals surface area contributed by atoms with Crippen molar-refractivity contribution in [2.75, 3.05) is 13.1 Å². The third-order valence-corrected chi connectivity index (χ3v) is 5.16. The third kappa shape index (κ3) is 4.22. The average molecular weight is 372 g/mol. The van der Waals surface area contributed by atoms with Crippen LogP contribution in [0.25, 0.3) is 11.1 Å². The SMILES string of the molecule is Cc1ccc(OC2CCN(C(=O)c3ccc(-c4ccccc4)cc3)CC2)cn1. The molecule has 142 valence electrons. The van der Waals surface area contributed by atoms with Gasteiger partial charge in [-0.3, -0.25) is 9.78 Å². The minimum Gasteiger partial charge on any atom is -0.489 e. The maximum Gasteiger partial charge on any atom is 0.253 e. The molecule has 0 spiro atoms. The van der Waals surface area contributed by atoms with Crippen LogP contribution in [0.3, 0.4) is 0 Å². The number of hydrogen-bond donors (Lipinski definition) is 0. The number of piperidine rings is 1. The molecule has 0 N–H and O–H groups in total. The van der Waals surface area contributed by atoms with Gasteiger partial charge in [0.05, 0.1) is 6.20 Å². The predicted octanol–water partition coefficient (Wildman–Crippen LogP) is 4.74. The molecule has 0 saturated carbocycles. The fourth-order valence-corrected chi connectivity index (χ4v) is 3.51. The molecule has 0 bridgehead atoms. The van der Waals surface area contributed by atoms with Crippen molar-refractivity contribution in [1.82, 2.24) is 9.88 Å². The first-order valence-electron chi connectivity index (χ1n) is 9.73. The molecule has 4 heteroatoms. The molecular weight excluding hydrogens is 348 g/mol. The Kier molecular flexibility index (Phi) is 5.38. The fraction of sp³-hybridized carbons (Fsp3) is 0.250. The quantitative estimate of drug-likeness (QED) is 0.664. The molecular formula is C24H24N2O2. The second-order valence-electron chi connectivity index (χ2n) is 7.19. The van der Waals surface area contributed by atoms with Crippen LogP contribution in [-0.2, 0) is 0 Å². The first-order chi connectivity index (χ1) is 13.7. The summed E-state index contributed by atoms with van der Waals surface area (Å²) in [5.74, 6) is 0.891. The molecule has 0 aliphatic carbocycles. The van der Waals surface area contributed by atoms with Crippen LogP contribution in [0.15, 0.2) is 72.9 Å². The molecule has 1 aliphatic heterocycles. The van der Waals surface area contributed by atoms with Gasteiger partial charge in [-0.25, -0.2) is 0 Å². The molecule has 0 radical (unpaired) electrons. The summed E-state index contributed by atoms with van der Waals surface area (Å²) in [6.45, 7) is 3.38. The summed E-state index contributed by atoms with van der Waals surface area (Å²) < 4.78 is 6.01. The number of rotatable bonds is 4. The average Bonchev–Trinajstić information content (AvgIpc) is 2.76. The molecule has 0 atom stereocenters. The Balaban J connectivity index is 1.34. The van der Waals surface area contributed by atoms with Gasteiger partial charge in [-0.15, -0.1) is 0 Å². The number of benzene rings is 2. The number of carbonyl (C=O) groups excluding carboxylic acids is 1. The van der Waals surface area contributed by atoms with Crippen LogP contribution in [0.5, 0.6) is 5.75 Å². The van der Waals surface area contributed by atoms with Gasteiger partial charge < -0.3 is 9.64 Å². The van der Waals surface area contributed by atoms with Gasteiger partial charge in [0.2, 0.25) is 0 Å². The zero-order valence-corrected chi connectivity index (χ0v) is 16.0. The minimum absolute atomic E-state index is 0.0927. The van der Waals surface area contributed by atoms with Gasteiger partial charge in [0.1, 0.15) is 11.9 Å². The van der Waals surface area contributed by atoms with E-state index in [0.29, 0.717) is 13.1 Å². The standard InChI is InChI=1S/C24H24N2O2/c1-18-7-12-23(17-25-18)28-22-13-15-26(16-14-22)24(27)21-10-8-20(9-11-21)19-5-3-2-4-6-19/h2-12,17,22H,13-16H2,1H3. The van der Waals surface area contributed by atoms with Gasteiger partial charge in [-0.2, -0.15) is 0 Å². The van der Waals surface area contributed by atoms with Crippen molar-refractivity contribution in [3.63, 3.8) is 0 Å². The van der Waals surface area contributed by atoms with Crippen LogP contribution in [-0.4, -0.2) is 35.0 Å². The molecule has 1 saturated heterocycles. The Bertz CT molecular complexity index is 913. The predicted molar refractivity (Wildman–Crippen MR) is 110 cm³/mol. The second kappa shape index (κ2) is 8.26. The van der Waals surface area contributed by atoms with Crippen LogP contribution >= 0.6 is 0 Å². The molecule has 1 aliphatic rings. The van der Waals surface area contributed by atoms with E-state index in [0.717, 1.165) is 41.0 Å². The molecule has 4 rings (SSSR count). The van der Waals surface area contributed by atoms with Gasteiger partial charge in [0.15, 0.2) is 0 Å². The van der Waals surface area contributed by atoms with Gasteiger partial charge in [0.25, 0.3) is 5.91 Å². The normalized spacial score (nSPS) is 14.7. The Morgan fingerprint density at radius 3 is 2.25 bits per heavy atom. The number of nitrogens with zero attached hydrogens (tertiary/aromatic N) is 2. The van der Waals surface area contributed by atoms with Crippen LogP contribution in [0, 0.1) is 6.92 Å². The van der Waals surface area contributed by atoms with Gasteiger partial charge in [-0.1, -0.05) is 42.5 Å². The molecule has 2 heterocycles. The number of amides is 1. The van der Waals surface area contributed by atoms with Crippen LogP contribution in [0.4, 0.5) is 0 Å². The van der Waals surface area contributed by atoms with Crippen molar-refractivity contribution >= 4 is 5.91 Å². The molecule has 3 aromatic rings. The third-order valence-electron chi connectivity index (χ3n) is 5.16. The lowest BCUT2D eigenvalue weighted by Gasteiger charge is -2.32. The van der Waals surface area contributed by atoms with E-state index in [9.17, 15) is 4.79 Å². The highest BCUT2D eigenvalue weighted by Crippen LogP contribution is 2.22. The summed E-state index contributed by atoms with van der Waals surface area (Å²) in [6, 6.07) is 22.0. The second-order valence-corrected chi connectivity index (χ2v) is 7.19. The lowest BCUT2D eigenvalue weighted by Crippen LogP contribution is -2.41. The molecule has 4 nitrogen and oxygen atoms in total. The smallest absolute Gasteiger partial charge is 0.253 e. The summed E-state index contributed by atoms with van der Waals surface area (Å²) in [4.78, 5) is 19.0. The fourth-order valence-electron chi connectivity index (χ4n) is 3.51. The summed E-state index contributed by atoms with van der Waals surface area (Å²) in [7, 11) is 0. The Hall–Kier alpha value is -3.14. The highest BCUT2D eigenvalue weighted by atomic mass is 16.5. The highest BCUT2D eigenvalue weighted by Gasteiger charge is 2.24. The number of hydrogen-bond acceptors (Lipinski definition) is 3. The number of carbonyl (C=O) groups is 1. The topological polar surface area (TPSA) is 42.4 Å². The van der Waals surface area contributed by atoms with Crippen molar-refractivity contribution in [1.29, 1.82) is 0 Å². The highest BCUT2D eigenvalue weighted by molar-refractivity contribution is 5.94. The van der Waals surface area contributed by atoms with Crippen molar-refractivity contribution in [3.05, 3.63) is 84.2 Å². The largest absolute Gasteiger partial charge is 0.489 e. The molecule has 0 unspecified atom stereocenters. The molecule has 1 fully saturated rings. The Morgan fingerprint density at radius 1 is 0.929 bits per heavy atom. The van der Waals surface area contributed by atoms with Crippen LogP contribution in [0.2, 0.25) is 0 Å². The summed E-state index contributed by atoms with van der Waals surface area (Å²) in [5.41, 5.74) is 3.99. The van der Waals surface area contributed by atoms with E-state index < -0.39 is 0 Å². The van der Waals surface area contributed by atoms with Crippen molar-refractivity contribution in [2.45, 2.75) is 25.9 Å². The van der Waals surface area contributed by atoms with Crippen molar-refractivity contribution in [2.24, 2.45) is 0 Å². The van der Waals surface area contributed by atoms with Crippen LogP contribution in [0.1, 0.15) is 28.9 Å². The van der Waals surface area contributed by atoms with E-state index in [-0.39, 0.29) is 12.0 Å². The minimum atomic E-state index is 0.0927. The first kappa shape index (κ1) is 18.2. The first-order valence-corrected chi connectivity index (χ1v) is 9.73.